The largest absolute Gasteiger partial charge is 0.345 e. The van der Waals surface area contributed by atoms with E-state index in [0.717, 1.165) is 54.1 Å². The molecule has 1 aromatic carbocycles. The van der Waals surface area contributed by atoms with Gasteiger partial charge < -0.3 is 4.90 Å². The van der Waals surface area contributed by atoms with Crippen molar-refractivity contribution in [2.75, 3.05) is 13.1 Å². The van der Waals surface area contributed by atoms with Gasteiger partial charge >= 0.3 is 0 Å². The number of hydrogen-bond acceptors (Lipinski definition) is 4. The third-order valence-electron chi connectivity index (χ3n) is 7.06. The molecule has 6 nitrogen and oxygen atoms in total. The molecule has 182 valence electrons. The van der Waals surface area contributed by atoms with Gasteiger partial charge in [0.05, 0.1) is 23.1 Å². The van der Waals surface area contributed by atoms with E-state index >= 15 is 0 Å². The number of imidazole rings is 1. The quantitative estimate of drug-likeness (QED) is 0.455. The van der Waals surface area contributed by atoms with Gasteiger partial charge in [0.25, 0.3) is 0 Å². The maximum Gasteiger partial charge on any atom is 0.209 e. The molecule has 7 heteroatoms. The molecule has 3 heterocycles. The second-order valence-electron chi connectivity index (χ2n) is 9.86. The van der Waals surface area contributed by atoms with Crippen LogP contribution in [0.25, 0.3) is 17.1 Å². The molecule has 35 heavy (non-hydrogen) atoms. The van der Waals surface area contributed by atoms with Crippen LogP contribution in [-0.2, 0) is 4.79 Å². The zero-order valence-electron chi connectivity index (χ0n) is 20.8. The van der Waals surface area contributed by atoms with Crippen LogP contribution in [0.5, 0.6) is 0 Å². The Hall–Kier alpha value is -3.53. The summed E-state index contributed by atoms with van der Waals surface area (Å²) in [7, 11) is 0. The van der Waals surface area contributed by atoms with Crippen molar-refractivity contribution in [2.24, 2.45) is 11.8 Å². The number of nitriles is 1. The Kier molecular flexibility index (Phi) is 7.30. The van der Waals surface area contributed by atoms with Crippen molar-refractivity contribution in [3.05, 3.63) is 65.0 Å². The lowest BCUT2D eigenvalue weighted by molar-refractivity contribution is -0.117. The lowest BCUT2D eigenvalue weighted by Gasteiger charge is -2.13. The van der Waals surface area contributed by atoms with E-state index in [1.165, 1.54) is 31.4 Å². The molecule has 0 spiro atoms. The number of aromatic nitrogens is 3. The van der Waals surface area contributed by atoms with Crippen LogP contribution in [0, 0.1) is 42.8 Å². The Bertz CT molecular complexity index is 1240. The Balaban J connectivity index is 0.000000243. The summed E-state index contributed by atoms with van der Waals surface area (Å²) in [5, 5.41) is 8.92. The monoisotopic (exact) mass is 473 g/mol. The van der Waals surface area contributed by atoms with E-state index in [1.807, 2.05) is 41.6 Å². The first-order valence-corrected chi connectivity index (χ1v) is 12.2. The zero-order chi connectivity index (χ0) is 25.1. The molecule has 1 aliphatic heterocycles. The molecule has 1 saturated heterocycles. The average Bonchev–Trinajstić information content (AvgIpc) is 3.51. The van der Waals surface area contributed by atoms with Crippen molar-refractivity contribution >= 4 is 6.41 Å². The molecule has 2 aromatic heterocycles. The van der Waals surface area contributed by atoms with Gasteiger partial charge in [0.1, 0.15) is 17.7 Å². The van der Waals surface area contributed by atoms with Crippen LogP contribution in [0.1, 0.15) is 61.7 Å². The van der Waals surface area contributed by atoms with E-state index < -0.39 is 5.82 Å². The molecule has 1 aliphatic carbocycles. The smallest absolute Gasteiger partial charge is 0.209 e. The lowest BCUT2D eigenvalue weighted by Crippen LogP contribution is -2.19. The van der Waals surface area contributed by atoms with Gasteiger partial charge in [-0.15, -0.1) is 0 Å². The number of rotatable bonds is 5. The highest BCUT2D eigenvalue weighted by Crippen LogP contribution is 2.39. The first-order valence-electron chi connectivity index (χ1n) is 12.2. The fraction of sp³-hybridized carbons (Fsp3) is 0.429. The Morgan fingerprint density at radius 1 is 1.17 bits per heavy atom. The maximum atomic E-state index is 14.1. The molecule has 2 aliphatic rings. The van der Waals surface area contributed by atoms with Crippen molar-refractivity contribution in [1.29, 1.82) is 5.26 Å². The molecule has 1 unspecified atom stereocenters. The summed E-state index contributed by atoms with van der Waals surface area (Å²) in [5.41, 5.74) is 4.57. The van der Waals surface area contributed by atoms with Crippen LogP contribution in [0.2, 0.25) is 0 Å². The molecule has 1 saturated carbocycles. The molecule has 0 bridgehead atoms. The topological polar surface area (TPSA) is 74.8 Å². The van der Waals surface area contributed by atoms with Gasteiger partial charge in [-0.1, -0.05) is 13.8 Å². The van der Waals surface area contributed by atoms with Crippen LogP contribution in [0.15, 0.2) is 36.5 Å². The number of halogens is 1. The van der Waals surface area contributed by atoms with Gasteiger partial charge in [-0.3, -0.25) is 14.3 Å². The number of pyridine rings is 1. The van der Waals surface area contributed by atoms with Crippen molar-refractivity contribution in [1.82, 2.24) is 19.4 Å². The number of carbonyl (C=O) groups excluding carboxylic acids is 1. The second-order valence-corrected chi connectivity index (χ2v) is 9.86. The average molecular weight is 474 g/mol. The Labute approximate surface area is 206 Å². The molecule has 2 fully saturated rings. The number of benzene rings is 1. The Morgan fingerprint density at radius 2 is 1.94 bits per heavy atom. The number of likely N-dealkylation sites (tertiary alicyclic amines) is 1. The third-order valence-corrected chi connectivity index (χ3v) is 7.06. The summed E-state index contributed by atoms with van der Waals surface area (Å²) in [5.74, 6) is 2.19. The van der Waals surface area contributed by atoms with Gasteiger partial charge in [-0.25, -0.2) is 9.37 Å². The van der Waals surface area contributed by atoms with Gasteiger partial charge in [-0.05, 0) is 75.3 Å². The van der Waals surface area contributed by atoms with E-state index in [2.05, 4.69) is 29.9 Å². The van der Waals surface area contributed by atoms with Gasteiger partial charge in [0.2, 0.25) is 6.41 Å². The summed E-state index contributed by atoms with van der Waals surface area (Å²) >= 11 is 0. The summed E-state index contributed by atoms with van der Waals surface area (Å²) in [4.78, 5) is 21.4. The lowest BCUT2D eigenvalue weighted by atomic mass is 9.95. The van der Waals surface area contributed by atoms with Gasteiger partial charge in [0.15, 0.2) is 0 Å². The predicted octanol–water partition coefficient (Wildman–Crippen LogP) is 5.56. The van der Waals surface area contributed by atoms with E-state index in [1.54, 1.807) is 6.07 Å². The van der Waals surface area contributed by atoms with Crippen molar-refractivity contribution in [3.8, 4) is 23.1 Å². The molecule has 0 radical (unpaired) electrons. The summed E-state index contributed by atoms with van der Waals surface area (Å²) in [6.07, 6.45) is 6.43. The van der Waals surface area contributed by atoms with Crippen molar-refractivity contribution < 1.29 is 9.18 Å². The van der Waals surface area contributed by atoms with E-state index in [9.17, 15) is 9.18 Å². The van der Waals surface area contributed by atoms with E-state index in [0.29, 0.717) is 17.3 Å². The minimum atomic E-state index is -0.535. The van der Waals surface area contributed by atoms with Crippen LogP contribution >= 0.6 is 0 Å². The molecule has 5 rings (SSSR count). The van der Waals surface area contributed by atoms with E-state index in [4.69, 9.17) is 5.26 Å². The molecule has 3 aromatic rings. The number of nitrogens with zero attached hydrogens (tertiary/aromatic N) is 5. The molecular weight excluding hydrogens is 441 g/mol. The molecule has 0 N–H and O–H groups in total. The SMILES string of the molecule is CC(C)C1CCN(C=O)C1.Cc1nc(-c2ccc(C#N)c(F)c2)n(-c2ccc(C3CC3)nc2)c1C. The number of hydrogen-bond donors (Lipinski definition) is 0. The van der Waals surface area contributed by atoms with Crippen LogP contribution < -0.4 is 0 Å². The van der Waals surface area contributed by atoms with Gasteiger partial charge in [0, 0.05) is 36.0 Å². The first kappa shape index (κ1) is 24.6. The second kappa shape index (κ2) is 10.4. The third kappa shape index (κ3) is 5.43. The van der Waals surface area contributed by atoms with Crippen LogP contribution in [0.3, 0.4) is 0 Å². The molecule has 1 atom stereocenters. The molecular formula is C28H32FN5O. The summed E-state index contributed by atoms with van der Waals surface area (Å²) < 4.78 is 16.0. The normalized spacial score (nSPS) is 17.2. The van der Waals surface area contributed by atoms with Crippen LogP contribution in [-0.4, -0.2) is 38.9 Å². The van der Waals surface area contributed by atoms with Crippen LogP contribution in [0.4, 0.5) is 4.39 Å². The summed E-state index contributed by atoms with van der Waals surface area (Å²) in [6, 6.07) is 10.5. The van der Waals surface area contributed by atoms with E-state index in [-0.39, 0.29) is 5.56 Å². The highest BCUT2D eigenvalue weighted by atomic mass is 19.1. The summed E-state index contributed by atoms with van der Waals surface area (Å²) in [6.45, 7) is 10.3. The highest BCUT2D eigenvalue weighted by molar-refractivity contribution is 5.62. The van der Waals surface area contributed by atoms with Gasteiger partial charge in [-0.2, -0.15) is 5.26 Å². The fourth-order valence-electron chi connectivity index (χ4n) is 4.47. The number of carbonyl (C=O) groups is 1. The molecule has 1 amide bonds. The maximum absolute atomic E-state index is 14.1. The standard InChI is InChI=1S/C20H17FN4.C8H15NO/c1-12-13(2)25(17-7-8-19(23-11-17)14-3-4-14)20(24-12)15-5-6-16(10-22)18(21)9-15;1-7(2)8-3-4-9(5-8)6-10/h5-9,11,14H,3-4H2,1-2H3;6-8H,3-5H2,1-2H3. The van der Waals surface area contributed by atoms with Crippen molar-refractivity contribution in [2.45, 2.75) is 52.9 Å². The number of amides is 1. The minimum Gasteiger partial charge on any atom is -0.345 e. The fourth-order valence-corrected chi connectivity index (χ4v) is 4.47. The predicted molar refractivity (Wildman–Crippen MR) is 133 cm³/mol. The number of aryl methyl sites for hydroxylation is 1. The first-order chi connectivity index (χ1) is 16.8. The Morgan fingerprint density at radius 3 is 2.46 bits per heavy atom. The highest BCUT2D eigenvalue weighted by Gasteiger charge is 2.25. The van der Waals surface area contributed by atoms with Crippen molar-refractivity contribution in [3.63, 3.8) is 0 Å². The zero-order valence-corrected chi connectivity index (χ0v) is 20.8. The minimum absolute atomic E-state index is 0.0331.